The third-order valence-corrected chi connectivity index (χ3v) is 3.91. The summed E-state index contributed by atoms with van der Waals surface area (Å²) < 4.78 is 0. The monoisotopic (exact) mass is 944 g/mol. The molecule has 3 nitrogen and oxygen atoms in total. The predicted octanol–water partition coefficient (Wildman–Crippen LogP) is 5.75. The van der Waals surface area contributed by atoms with Crippen LogP contribution in [0.5, 0.6) is 0 Å². The van der Waals surface area contributed by atoms with Gasteiger partial charge in [-0.2, -0.15) is 5.26 Å². The normalized spacial score (nSPS) is 9.43. The summed E-state index contributed by atoms with van der Waals surface area (Å²) in [6.07, 6.45) is 3.64. The van der Waals surface area contributed by atoms with Crippen molar-refractivity contribution in [2.24, 2.45) is 0 Å². The molecular formula is C20H27I5N3-. The summed E-state index contributed by atoms with van der Waals surface area (Å²) in [6, 6.07) is 6.10. The summed E-state index contributed by atoms with van der Waals surface area (Å²) in [5, 5.41) is 8.86. The topological polar surface area (TPSA) is 49.6 Å². The zero-order valence-corrected chi connectivity index (χ0v) is 28.0. The van der Waals surface area contributed by atoms with Gasteiger partial charge in [-0.05, 0) is 61.4 Å². The number of hydrogen-bond acceptors (Lipinski definition) is 3. The fourth-order valence-electron chi connectivity index (χ4n) is 2.40. The van der Waals surface area contributed by atoms with E-state index in [4.69, 9.17) is 5.26 Å². The molecule has 0 aliphatic carbocycles. The first-order valence-electron chi connectivity index (χ1n) is 8.50. The summed E-state index contributed by atoms with van der Waals surface area (Å²) in [7, 11) is 0. The van der Waals surface area contributed by atoms with Crippen LogP contribution in [0.3, 0.4) is 0 Å². The van der Waals surface area contributed by atoms with E-state index >= 15 is 0 Å². The molecule has 0 saturated carbocycles. The van der Waals surface area contributed by atoms with Crippen LogP contribution in [0.2, 0.25) is 0 Å². The van der Waals surface area contributed by atoms with Crippen LogP contribution in [0, 0.1) is 32.1 Å². The van der Waals surface area contributed by atoms with Gasteiger partial charge in [0, 0.05) is 55.3 Å². The summed E-state index contributed by atoms with van der Waals surface area (Å²) in [6.45, 7) is 14.6. The SMILES string of the molecule is Cc1ccnc(C(C)C)c1C.Cc1ccnc(C(C)C)c1C#N.II.I[I-]I. The third kappa shape index (κ3) is 12.3. The molecule has 0 aromatic carbocycles. The van der Waals surface area contributed by atoms with E-state index in [1.54, 1.807) is 6.20 Å². The number of aromatic nitrogens is 2. The van der Waals surface area contributed by atoms with E-state index in [9.17, 15) is 0 Å². The van der Waals surface area contributed by atoms with Crippen LogP contribution in [-0.2, 0) is 0 Å². The molecule has 0 bridgehead atoms. The van der Waals surface area contributed by atoms with Gasteiger partial charge in [0.25, 0.3) is 0 Å². The fraction of sp³-hybridized carbons (Fsp3) is 0.450. The zero-order valence-electron chi connectivity index (χ0n) is 17.2. The Morgan fingerprint density at radius 2 is 1.25 bits per heavy atom. The van der Waals surface area contributed by atoms with Gasteiger partial charge in [0.1, 0.15) is 6.07 Å². The molecule has 0 aliphatic heterocycles. The average Bonchev–Trinajstić information content (AvgIpc) is 2.66. The van der Waals surface area contributed by atoms with E-state index in [0.717, 1.165) is 16.8 Å². The van der Waals surface area contributed by atoms with Crippen LogP contribution in [0.1, 0.15) is 73.2 Å². The molecule has 8 heteroatoms. The van der Waals surface area contributed by atoms with Crippen LogP contribution in [0.4, 0.5) is 0 Å². The first-order chi connectivity index (χ1) is 13.2. The molecule has 0 fully saturated rings. The van der Waals surface area contributed by atoms with Crippen LogP contribution in [0.25, 0.3) is 0 Å². The van der Waals surface area contributed by atoms with Crippen LogP contribution < -0.4 is 13.3 Å². The molecule has 0 aliphatic rings. The van der Waals surface area contributed by atoms with Gasteiger partial charge in [-0.25, -0.2) is 0 Å². The molecule has 2 aromatic rings. The van der Waals surface area contributed by atoms with Crippen molar-refractivity contribution in [1.82, 2.24) is 9.97 Å². The van der Waals surface area contributed by atoms with E-state index in [1.807, 2.05) is 33.0 Å². The maximum absolute atomic E-state index is 8.86. The Balaban J connectivity index is 0. The molecular weight excluding hydrogens is 917 g/mol. The number of rotatable bonds is 2. The van der Waals surface area contributed by atoms with Crippen LogP contribution in [-0.4, -0.2) is 9.97 Å². The third-order valence-electron chi connectivity index (χ3n) is 3.91. The Hall–Kier alpha value is 1.44. The molecule has 2 rings (SSSR count). The van der Waals surface area contributed by atoms with E-state index in [1.165, 1.54) is 16.8 Å². The van der Waals surface area contributed by atoms with Gasteiger partial charge in [-0.15, -0.1) is 0 Å². The Bertz CT molecular complexity index is 728. The molecule has 0 N–H and O–H groups in total. The predicted molar refractivity (Wildman–Crippen MR) is 152 cm³/mol. The second-order valence-electron chi connectivity index (χ2n) is 6.50. The molecule has 2 heterocycles. The maximum atomic E-state index is 8.86. The Labute approximate surface area is 224 Å². The second kappa shape index (κ2) is 19.1. The molecule has 158 valence electrons. The second-order valence-corrected chi connectivity index (χ2v) is 22.7. The molecule has 0 spiro atoms. The van der Waals surface area contributed by atoms with E-state index in [-0.39, 0.29) is 0 Å². The van der Waals surface area contributed by atoms with E-state index < -0.39 is 0 Å². The van der Waals surface area contributed by atoms with Crippen molar-refractivity contribution < 1.29 is 13.3 Å². The van der Waals surface area contributed by atoms with E-state index in [2.05, 4.69) is 124 Å². The van der Waals surface area contributed by atoms with Gasteiger partial charge in [-0.1, -0.05) is 27.7 Å². The minimum atomic E-state index is 0.319. The Morgan fingerprint density at radius 3 is 1.57 bits per heavy atom. The van der Waals surface area contributed by atoms with Crippen molar-refractivity contribution in [3.63, 3.8) is 0 Å². The molecule has 0 atom stereocenters. The first-order valence-corrected chi connectivity index (χ1v) is 27.4. The van der Waals surface area contributed by atoms with Crippen molar-refractivity contribution in [2.75, 3.05) is 0 Å². The number of halogens is 5. The van der Waals surface area contributed by atoms with Crippen molar-refractivity contribution >= 4 is 74.5 Å². The number of pyridine rings is 2. The summed E-state index contributed by atoms with van der Waals surface area (Å²) in [5.41, 5.74) is 6.54. The minimum absolute atomic E-state index is 0.319. The van der Waals surface area contributed by atoms with Crippen LogP contribution in [0.15, 0.2) is 24.5 Å². The van der Waals surface area contributed by atoms with Crippen LogP contribution >= 0.6 is 74.5 Å². The molecule has 0 amide bonds. The Morgan fingerprint density at radius 1 is 0.857 bits per heavy atom. The molecule has 28 heavy (non-hydrogen) atoms. The molecule has 0 radical (unpaired) electrons. The van der Waals surface area contributed by atoms with Gasteiger partial charge in [0.05, 0.1) is 11.3 Å². The number of nitriles is 1. The summed E-state index contributed by atoms with van der Waals surface area (Å²) in [4.78, 5) is 8.53. The molecule has 2 aromatic heterocycles. The Kier molecular flexibility index (Phi) is 21.6. The summed E-state index contributed by atoms with van der Waals surface area (Å²) >= 11 is 9.54. The number of aryl methyl sites for hydroxylation is 2. The van der Waals surface area contributed by atoms with Gasteiger partial charge in [-0.3, -0.25) is 9.97 Å². The van der Waals surface area contributed by atoms with Crippen molar-refractivity contribution in [1.29, 1.82) is 5.26 Å². The van der Waals surface area contributed by atoms with Gasteiger partial charge >= 0.3 is 50.5 Å². The molecule has 0 unspecified atom stereocenters. The number of nitrogens with zero attached hydrogens (tertiary/aromatic N) is 3. The van der Waals surface area contributed by atoms with Gasteiger partial charge < -0.3 is 0 Å². The van der Waals surface area contributed by atoms with Crippen molar-refractivity contribution in [3.8, 4) is 6.07 Å². The first kappa shape index (κ1) is 31.6. The van der Waals surface area contributed by atoms with Crippen molar-refractivity contribution in [2.45, 2.75) is 60.3 Å². The van der Waals surface area contributed by atoms with Gasteiger partial charge in [0.2, 0.25) is 0 Å². The quantitative estimate of drug-likeness (QED) is 0.361. The average molecular weight is 944 g/mol. The van der Waals surface area contributed by atoms with Gasteiger partial charge in [0.15, 0.2) is 0 Å². The van der Waals surface area contributed by atoms with E-state index in [0.29, 0.717) is 25.1 Å². The standard InChI is InChI=1S/C10H12N2.C10H15N.I3.I2/c1-7(2)10-9(6-11)8(3)4-5-12-10;1-7(2)10-9(4)8(3)5-6-11-10;1-3-2;1-2/h4-5,7H,1-3H3;5-7H,1-4H3;;/q;;-1;. The van der Waals surface area contributed by atoms with Crippen molar-refractivity contribution in [3.05, 3.63) is 58.2 Å². The fourth-order valence-corrected chi connectivity index (χ4v) is 2.40. The number of hydrogen-bond donors (Lipinski definition) is 0. The summed E-state index contributed by atoms with van der Waals surface area (Å²) in [5.74, 6) is 0.856. The zero-order chi connectivity index (χ0) is 22.3. The molecule has 0 saturated heterocycles.